The van der Waals surface area contributed by atoms with Crippen LogP contribution in [0.1, 0.15) is 18.9 Å². The minimum Gasteiger partial charge on any atom is -0.358 e. The molecule has 1 rings (SSSR count). The Hall–Kier alpha value is -1.10. The first-order valence-corrected chi connectivity index (χ1v) is 6.45. The van der Waals surface area contributed by atoms with E-state index in [1.807, 2.05) is 24.1 Å². The Morgan fingerprint density at radius 1 is 1.59 bits per heavy atom. The van der Waals surface area contributed by atoms with Crippen LogP contribution in [-0.2, 0) is 4.79 Å². The van der Waals surface area contributed by atoms with Crippen LogP contribution in [0, 0.1) is 6.92 Å². The molecular weight excluding hydrogens is 282 g/mol. The number of carbonyl (C=O) groups is 1. The molecule has 0 unspecified atom stereocenters. The lowest BCUT2D eigenvalue weighted by atomic mass is 10.3. The topological polar surface area (TPSA) is 45.2 Å². The predicted molar refractivity (Wildman–Crippen MR) is 73.2 cm³/mol. The maximum Gasteiger partial charge on any atom is 0.239 e. The highest BCUT2D eigenvalue weighted by Gasteiger charge is 2.14. The SMILES string of the molecule is CCCN(CC(=O)NC)c1ncc(C)cc1Br. The fourth-order valence-electron chi connectivity index (χ4n) is 1.54. The van der Waals surface area contributed by atoms with Crippen LogP contribution in [0.5, 0.6) is 0 Å². The van der Waals surface area contributed by atoms with Gasteiger partial charge in [-0.05, 0) is 40.9 Å². The number of anilines is 1. The van der Waals surface area contributed by atoms with Gasteiger partial charge in [-0.1, -0.05) is 6.92 Å². The van der Waals surface area contributed by atoms with Crippen molar-refractivity contribution >= 4 is 27.7 Å². The number of carbonyl (C=O) groups excluding carboxylic acids is 1. The van der Waals surface area contributed by atoms with Crippen molar-refractivity contribution in [3.05, 3.63) is 22.3 Å². The molecule has 0 radical (unpaired) electrons. The van der Waals surface area contributed by atoms with E-state index in [1.165, 1.54) is 0 Å². The van der Waals surface area contributed by atoms with E-state index in [-0.39, 0.29) is 5.91 Å². The van der Waals surface area contributed by atoms with Gasteiger partial charge in [0.1, 0.15) is 5.82 Å². The summed E-state index contributed by atoms with van der Waals surface area (Å²) in [5, 5.41) is 2.63. The highest BCUT2D eigenvalue weighted by Crippen LogP contribution is 2.24. The molecule has 1 N–H and O–H groups in total. The van der Waals surface area contributed by atoms with Gasteiger partial charge in [0.15, 0.2) is 0 Å². The molecule has 0 spiro atoms. The summed E-state index contributed by atoms with van der Waals surface area (Å²) >= 11 is 3.49. The Morgan fingerprint density at radius 2 is 2.29 bits per heavy atom. The van der Waals surface area contributed by atoms with Gasteiger partial charge < -0.3 is 10.2 Å². The number of pyridine rings is 1. The van der Waals surface area contributed by atoms with Crippen molar-refractivity contribution in [3.63, 3.8) is 0 Å². The lowest BCUT2D eigenvalue weighted by Crippen LogP contribution is -2.36. The largest absolute Gasteiger partial charge is 0.358 e. The summed E-state index contributed by atoms with van der Waals surface area (Å²) in [5.41, 5.74) is 1.09. The van der Waals surface area contributed by atoms with E-state index in [9.17, 15) is 4.79 Å². The van der Waals surface area contributed by atoms with Crippen molar-refractivity contribution in [2.75, 3.05) is 25.0 Å². The molecule has 0 saturated heterocycles. The molecule has 0 aromatic carbocycles. The number of hydrogen-bond acceptors (Lipinski definition) is 3. The average Bonchev–Trinajstić information content (AvgIpc) is 2.28. The van der Waals surface area contributed by atoms with Gasteiger partial charge in [-0.15, -0.1) is 0 Å². The summed E-state index contributed by atoms with van der Waals surface area (Å²) in [6.07, 6.45) is 2.78. The Morgan fingerprint density at radius 3 is 2.82 bits per heavy atom. The van der Waals surface area contributed by atoms with Crippen LogP contribution in [0.15, 0.2) is 16.7 Å². The maximum atomic E-state index is 11.5. The molecule has 1 aromatic rings. The van der Waals surface area contributed by atoms with E-state index < -0.39 is 0 Å². The Kier molecular flexibility index (Phi) is 5.41. The average molecular weight is 300 g/mol. The first kappa shape index (κ1) is 14.0. The highest BCUT2D eigenvalue weighted by molar-refractivity contribution is 9.10. The minimum absolute atomic E-state index is 0.00674. The number of aryl methyl sites for hydroxylation is 1. The molecule has 1 heterocycles. The molecule has 0 fully saturated rings. The molecule has 0 atom stereocenters. The van der Waals surface area contributed by atoms with Crippen LogP contribution in [0.25, 0.3) is 0 Å². The smallest absolute Gasteiger partial charge is 0.239 e. The number of likely N-dealkylation sites (N-methyl/N-ethyl adjacent to an activating group) is 1. The molecule has 0 aliphatic heterocycles. The zero-order chi connectivity index (χ0) is 12.8. The van der Waals surface area contributed by atoms with E-state index >= 15 is 0 Å². The van der Waals surface area contributed by atoms with E-state index in [4.69, 9.17) is 0 Å². The highest BCUT2D eigenvalue weighted by atomic mass is 79.9. The lowest BCUT2D eigenvalue weighted by Gasteiger charge is -2.23. The zero-order valence-corrected chi connectivity index (χ0v) is 12.0. The third kappa shape index (κ3) is 4.00. The van der Waals surface area contributed by atoms with E-state index in [1.54, 1.807) is 7.05 Å². The molecule has 4 nitrogen and oxygen atoms in total. The quantitative estimate of drug-likeness (QED) is 0.906. The number of nitrogens with zero attached hydrogens (tertiary/aromatic N) is 2. The van der Waals surface area contributed by atoms with Gasteiger partial charge in [0, 0.05) is 19.8 Å². The van der Waals surface area contributed by atoms with Gasteiger partial charge in [-0.3, -0.25) is 4.79 Å². The van der Waals surface area contributed by atoms with Gasteiger partial charge in [0.25, 0.3) is 0 Å². The first-order valence-electron chi connectivity index (χ1n) is 5.66. The summed E-state index contributed by atoms with van der Waals surface area (Å²) in [6.45, 7) is 5.21. The number of nitrogens with one attached hydrogen (secondary N) is 1. The normalized spacial score (nSPS) is 10.1. The number of aromatic nitrogens is 1. The molecule has 0 bridgehead atoms. The summed E-state index contributed by atoms with van der Waals surface area (Å²) in [7, 11) is 1.64. The summed E-state index contributed by atoms with van der Waals surface area (Å²) in [4.78, 5) is 17.8. The van der Waals surface area contributed by atoms with Crippen LogP contribution in [0.3, 0.4) is 0 Å². The maximum absolute atomic E-state index is 11.5. The third-order valence-corrected chi connectivity index (χ3v) is 2.95. The van der Waals surface area contributed by atoms with Gasteiger partial charge in [0.05, 0.1) is 11.0 Å². The van der Waals surface area contributed by atoms with Gasteiger partial charge in [-0.2, -0.15) is 0 Å². The monoisotopic (exact) mass is 299 g/mol. The Labute approximate surface area is 111 Å². The Bertz CT molecular complexity index is 395. The zero-order valence-electron chi connectivity index (χ0n) is 10.5. The number of rotatable bonds is 5. The van der Waals surface area contributed by atoms with E-state index in [0.717, 1.165) is 28.8 Å². The molecule has 0 aliphatic rings. The van der Waals surface area contributed by atoms with Crippen molar-refractivity contribution in [2.45, 2.75) is 20.3 Å². The summed E-state index contributed by atoms with van der Waals surface area (Å²) in [6, 6.07) is 2.01. The van der Waals surface area contributed by atoms with Crippen LogP contribution in [0.2, 0.25) is 0 Å². The van der Waals surface area contributed by atoms with E-state index in [0.29, 0.717) is 6.54 Å². The minimum atomic E-state index is -0.00674. The lowest BCUT2D eigenvalue weighted by molar-refractivity contribution is -0.119. The molecule has 94 valence electrons. The van der Waals surface area contributed by atoms with Crippen molar-refractivity contribution < 1.29 is 4.79 Å². The van der Waals surface area contributed by atoms with Crippen LogP contribution in [0.4, 0.5) is 5.82 Å². The molecule has 1 aromatic heterocycles. The molecule has 0 aliphatic carbocycles. The number of hydrogen-bond donors (Lipinski definition) is 1. The second kappa shape index (κ2) is 6.59. The standard InChI is InChI=1S/C12H18BrN3O/c1-4-5-16(8-11(17)14-3)12-10(13)6-9(2)7-15-12/h6-7H,4-5,8H2,1-3H3,(H,14,17). The first-order chi connectivity index (χ1) is 8.08. The molecule has 1 amide bonds. The summed E-state index contributed by atoms with van der Waals surface area (Å²) in [5.74, 6) is 0.814. The fourth-order valence-corrected chi connectivity index (χ4v) is 2.26. The van der Waals surface area contributed by atoms with Crippen molar-refractivity contribution in [1.29, 1.82) is 0 Å². The molecular formula is C12H18BrN3O. The molecule has 5 heteroatoms. The van der Waals surface area contributed by atoms with Crippen molar-refractivity contribution in [1.82, 2.24) is 10.3 Å². The van der Waals surface area contributed by atoms with Crippen LogP contribution >= 0.6 is 15.9 Å². The van der Waals surface area contributed by atoms with Gasteiger partial charge in [0.2, 0.25) is 5.91 Å². The van der Waals surface area contributed by atoms with Crippen LogP contribution < -0.4 is 10.2 Å². The van der Waals surface area contributed by atoms with Crippen molar-refractivity contribution in [2.24, 2.45) is 0 Å². The Balaban J connectivity index is 2.92. The second-order valence-electron chi connectivity index (χ2n) is 3.91. The third-order valence-electron chi connectivity index (χ3n) is 2.36. The van der Waals surface area contributed by atoms with Crippen LogP contribution in [-0.4, -0.2) is 31.0 Å². The van der Waals surface area contributed by atoms with Gasteiger partial charge >= 0.3 is 0 Å². The van der Waals surface area contributed by atoms with Crippen molar-refractivity contribution in [3.8, 4) is 0 Å². The second-order valence-corrected chi connectivity index (χ2v) is 4.77. The fraction of sp³-hybridized carbons (Fsp3) is 0.500. The predicted octanol–water partition coefficient (Wildman–Crippen LogP) is 2.11. The summed E-state index contributed by atoms with van der Waals surface area (Å²) < 4.78 is 0.926. The van der Waals surface area contributed by atoms with E-state index in [2.05, 4.69) is 33.2 Å². The molecule has 17 heavy (non-hydrogen) atoms. The number of amides is 1. The molecule has 0 saturated carbocycles. The number of halogens is 1. The van der Waals surface area contributed by atoms with Gasteiger partial charge in [-0.25, -0.2) is 4.98 Å².